The number of methoxy groups -OCH3 is 1. The van der Waals surface area contributed by atoms with Gasteiger partial charge in [0.05, 0.1) is 20.3 Å². The molecular weight excluding hydrogens is 324 g/mol. The zero-order chi connectivity index (χ0) is 17.6. The molecule has 1 aromatic carbocycles. The number of ether oxygens (including phenoxy) is 2. The van der Waals surface area contributed by atoms with Crippen LogP contribution in [0.25, 0.3) is 11.4 Å². The lowest BCUT2D eigenvalue weighted by Gasteiger charge is -2.23. The zero-order valence-electron chi connectivity index (χ0n) is 14.3. The van der Waals surface area contributed by atoms with Gasteiger partial charge in [-0.2, -0.15) is 4.98 Å². The molecule has 2 N–H and O–H groups in total. The van der Waals surface area contributed by atoms with Crippen molar-refractivity contribution in [3.05, 3.63) is 30.2 Å². The Labute approximate surface area is 145 Å². The van der Waals surface area contributed by atoms with Gasteiger partial charge in [-0.15, -0.1) is 0 Å². The fraction of sp³-hybridized carbons (Fsp3) is 0.471. The molecule has 0 radical (unpaired) electrons. The smallest absolute Gasteiger partial charge is 0.249 e. The number of carbonyl (C=O) groups excluding carboxylic acids is 1. The summed E-state index contributed by atoms with van der Waals surface area (Å²) >= 11 is 0. The molecule has 0 bridgehead atoms. The van der Waals surface area contributed by atoms with Crippen molar-refractivity contribution in [2.75, 3.05) is 26.9 Å². The van der Waals surface area contributed by atoms with Gasteiger partial charge >= 0.3 is 0 Å². The number of amides is 1. The van der Waals surface area contributed by atoms with E-state index in [0.29, 0.717) is 37.1 Å². The molecule has 1 fully saturated rings. The van der Waals surface area contributed by atoms with Crippen molar-refractivity contribution < 1.29 is 18.8 Å². The molecule has 2 heterocycles. The molecule has 134 valence electrons. The van der Waals surface area contributed by atoms with Gasteiger partial charge in [-0.1, -0.05) is 17.3 Å². The quantitative estimate of drug-likeness (QED) is 0.813. The summed E-state index contributed by atoms with van der Waals surface area (Å²) in [6.07, 6.45) is 0.348. The van der Waals surface area contributed by atoms with Gasteiger partial charge in [0.25, 0.3) is 0 Å². The van der Waals surface area contributed by atoms with Gasteiger partial charge in [0.2, 0.25) is 17.6 Å². The molecule has 25 heavy (non-hydrogen) atoms. The molecule has 3 rings (SSSR count). The Bertz CT molecular complexity index is 712. The van der Waals surface area contributed by atoms with Crippen LogP contribution >= 0.6 is 0 Å². The van der Waals surface area contributed by atoms with Crippen molar-refractivity contribution in [3.8, 4) is 17.1 Å². The van der Waals surface area contributed by atoms with Crippen molar-refractivity contribution in [2.45, 2.75) is 25.4 Å². The van der Waals surface area contributed by atoms with Gasteiger partial charge in [-0.25, -0.2) is 0 Å². The van der Waals surface area contributed by atoms with E-state index in [0.717, 1.165) is 12.1 Å². The van der Waals surface area contributed by atoms with Crippen molar-refractivity contribution in [1.29, 1.82) is 0 Å². The van der Waals surface area contributed by atoms with Crippen LogP contribution in [0.4, 0.5) is 0 Å². The lowest BCUT2D eigenvalue weighted by molar-refractivity contribution is -0.123. The van der Waals surface area contributed by atoms with Gasteiger partial charge in [-0.05, 0) is 19.1 Å². The second-order valence-electron chi connectivity index (χ2n) is 5.91. The molecule has 2 atom stereocenters. The van der Waals surface area contributed by atoms with Crippen LogP contribution in [0.15, 0.2) is 28.8 Å². The average molecular weight is 346 g/mol. The molecule has 1 aromatic heterocycles. The maximum Gasteiger partial charge on any atom is 0.249 e. The van der Waals surface area contributed by atoms with Crippen molar-refractivity contribution >= 4 is 5.91 Å². The first-order chi connectivity index (χ1) is 12.2. The van der Waals surface area contributed by atoms with E-state index in [-0.39, 0.29) is 18.0 Å². The topological polar surface area (TPSA) is 98.5 Å². The molecule has 0 saturated carbocycles. The molecule has 1 aliphatic heterocycles. The number of morpholine rings is 1. The Morgan fingerprint density at radius 1 is 1.52 bits per heavy atom. The normalized spacial score (nSPS) is 18.6. The van der Waals surface area contributed by atoms with Crippen LogP contribution in [0.2, 0.25) is 0 Å². The third-order valence-corrected chi connectivity index (χ3v) is 3.95. The maximum atomic E-state index is 12.1. The summed E-state index contributed by atoms with van der Waals surface area (Å²) in [4.78, 5) is 16.5. The number of rotatable bonds is 6. The van der Waals surface area contributed by atoms with Gasteiger partial charge in [0.15, 0.2) is 0 Å². The molecule has 0 aliphatic carbocycles. The van der Waals surface area contributed by atoms with Crippen LogP contribution < -0.4 is 15.4 Å². The van der Waals surface area contributed by atoms with Crippen LogP contribution in [0.1, 0.15) is 25.3 Å². The monoisotopic (exact) mass is 346 g/mol. The first-order valence-electron chi connectivity index (χ1n) is 8.24. The van der Waals surface area contributed by atoms with E-state index < -0.39 is 0 Å². The summed E-state index contributed by atoms with van der Waals surface area (Å²) in [7, 11) is 1.60. The van der Waals surface area contributed by atoms with E-state index in [1.807, 2.05) is 31.2 Å². The summed E-state index contributed by atoms with van der Waals surface area (Å²) in [5.74, 6) is 1.44. The van der Waals surface area contributed by atoms with Crippen LogP contribution in [0, 0.1) is 0 Å². The van der Waals surface area contributed by atoms with Crippen molar-refractivity contribution in [3.63, 3.8) is 0 Å². The Balaban J connectivity index is 1.60. The number of aromatic nitrogens is 2. The zero-order valence-corrected chi connectivity index (χ0v) is 14.3. The van der Waals surface area contributed by atoms with E-state index in [4.69, 9.17) is 14.0 Å². The summed E-state index contributed by atoms with van der Waals surface area (Å²) in [5, 5.41) is 10.1. The van der Waals surface area contributed by atoms with Gasteiger partial charge in [0, 0.05) is 24.6 Å². The Morgan fingerprint density at radius 2 is 2.40 bits per heavy atom. The number of carbonyl (C=O) groups is 1. The molecule has 8 nitrogen and oxygen atoms in total. The minimum Gasteiger partial charge on any atom is -0.497 e. The van der Waals surface area contributed by atoms with E-state index in [9.17, 15) is 4.79 Å². The number of benzene rings is 1. The second-order valence-corrected chi connectivity index (χ2v) is 5.91. The Morgan fingerprint density at radius 3 is 3.16 bits per heavy atom. The van der Waals surface area contributed by atoms with Crippen LogP contribution in [-0.2, 0) is 9.53 Å². The highest BCUT2D eigenvalue weighted by atomic mass is 16.5. The highest BCUT2D eigenvalue weighted by molar-refractivity contribution is 5.77. The summed E-state index contributed by atoms with van der Waals surface area (Å²) in [6, 6.07) is 7.06. The highest BCUT2D eigenvalue weighted by Crippen LogP contribution is 2.22. The second kappa shape index (κ2) is 8.09. The first-order valence-corrected chi connectivity index (χ1v) is 8.24. The predicted molar refractivity (Wildman–Crippen MR) is 90.1 cm³/mol. The average Bonchev–Trinajstić information content (AvgIpc) is 3.13. The van der Waals surface area contributed by atoms with E-state index >= 15 is 0 Å². The number of hydrogen-bond acceptors (Lipinski definition) is 7. The van der Waals surface area contributed by atoms with Gasteiger partial charge < -0.3 is 24.6 Å². The van der Waals surface area contributed by atoms with Crippen LogP contribution in [0.5, 0.6) is 5.75 Å². The molecular formula is C17H22N4O4. The third-order valence-electron chi connectivity index (χ3n) is 3.95. The van der Waals surface area contributed by atoms with E-state index in [2.05, 4.69) is 20.8 Å². The number of hydrogen-bond donors (Lipinski definition) is 2. The Hall–Kier alpha value is -2.45. The molecule has 1 saturated heterocycles. The van der Waals surface area contributed by atoms with Crippen molar-refractivity contribution in [1.82, 2.24) is 20.8 Å². The molecule has 8 heteroatoms. The van der Waals surface area contributed by atoms with Crippen LogP contribution in [0.3, 0.4) is 0 Å². The number of nitrogens with one attached hydrogen (secondary N) is 2. The lowest BCUT2D eigenvalue weighted by atomic mass is 10.2. The largest absolute Gasteiger partial charge is 0.497 e. The summed E-state index contributed by atoms with van der Waals surface area (Å²) in [6.45, 7) is 3.80. The summed E-state index contributed by atoms with van der Waals surface area (Å²) in [5.41, 5.74) is 0.788. The Kier molecular flexibility index (Phi) is 5.62. The highest BCUT2D eigenvalue weighted by Gasteiger charge is 2.21. The molecule has 1 aliphatic rings. The van der Waals surface area contributed by atoms with Crippen molar-refractivity contribution in [2.24, 2.45) is 0 Å². The molecule has 1 amide bonds. The van der Waals surface area contributed by atoms with E-state index in [1.165, 1.54) is 0 Å². The lowest BCUT2D eigenvalue weighted by Crippen LogP contribution is -2.44. The summed E-state index contributed by atoms with van der Waals surface area (Å²) < 4.78 is 15.8. The maximum absolute atomic E-state index is 12.1. The minimum atomic E-state index is -0.371. The predicted octanol–water partition coefficient (Wildman–Crippen LogP) is 1.30. The fourth-order valence-corrected chi connectivity index (χ4v) is 2.63. The fourth-order valence-electron chi connectivity index (χ4n) is 2.63. The van der Waals surface area contributed by atoms with Crippen LogP contribution in [-0.4, -0.2) is 49.0 Å². The minimum absolute atomic E-state index is 0.0379. The molecule has 0 spiro atoms. The van der Waals surface area contributed by atoms with E-state index in [1.54, 1.807) is 7.11 Å². The third kappa shape index (κ3) is 4.55. The standard InChI is InChI=1S/C17H22N4O4/c1-11(19-15(22)9-13-10-24-7-6-18-13)17-20-16(21-25-17)12-4-3-5-14(8-12)23-2/h3-5,8,11,13,18H,6-7,9-10H2,1-2H3,(H,19,22). The molecule has 2 aromatic rings. The number of nitrogens with zero attached hydrogens (tertiary/aromatic N) is 2. The SMILES string of the molecule is COc1cccc(-c2noc(C(C)NC(=O)CC3COCCN3)n2)c1. The van der Waals surface area contributed by atoms with Gasteiger partial charge in [-0.3, -0.25) is 4.79 Å². The molecule has 2 unspecified atom stereocenters. The first kappa shape index (κ1) is 17.4. The van der Waals surface area contributed by atoms with Gasteiger partial charge in [0.1, 0.15) is 11.8 Å².